The summed E-state index contributed by atoms with van der Waals surface area (Å²) in [5, 5.41) is 1.22. The molecular weight excluding hydrogens is 292 g/mol. The molecule has 0 atom stereocenters. The first-order valence-corrected chi connectivity index (χ1v) is 7.03. The Labute approximate surface area is 107 Å². The van der Waals surface area contributed by atoms with E-state index in [0.717, 1.165) is 43.1 Å². The zero-order valence-corrected chi connectivity index (χ0v) is 11.2. The van der Waals surface area contributed by atoms with Crippen LogP contribution in [0.1, 0.15) is 12.8 Å². The molecule has 0 N–H and O–H groups in total. The Kier molecular flexibility index (Phi) is 2.91. The highest BCUT2D eigenvalue weighted by Gasteiger charge is 2.40. The minimum Gasteiger partial charge on any atom is -0.362 e. The topological polar surface area (TPSA) is 34.6 Å². The van der Waals surface area contributed by atoms with Gasteiger partial charge >= 0.3 is 0 Å². The largest absolute Gasteiger partial charge is 0.362 e. The van der Waals surface area contributed by atoms with Gasteiger partial charge in [-0.2, -0.15) is 0 Å². The van der Waals surface area contributed by atoms with Gasteiger partial charge in [0.2, 0.25) is 0 Å². The molecule has 0 radical (unpaired) electrons. The fraction of sp³-hybridized carbons (Fsp3) is 0.700. The summed E-state index contributed by atoms with van der Waals surface area (Å²) in [5.41, 5.74) is 0. The molecule has 16 heavy (non-hydrogen) atoms. The van der Waals surface area contributed by atoms with Crippen molar-refractivity contribution in [3.05, 3.63) is 10.1 Å². The normalized spacial score (nSPS) is 24.2. The third-order valence-electron chi connectivity index (χ3n) is 3.12. The van der Waals surface area contributed by atoms with E-state index in [1.165, 1.54) is 5.00 Å². The number of nitrogens with zero attached hydrogens (tertiary/aromatic N) is 2. The molecule has 0 amide bonds. The van der Waals surface area contributed by atoms with Crippen LogP contribution in [0.4, 0.5) is 5.00 Å². The van der Waals surface area contributed by atoms with E-state index >= 15 is 0 Å². The number of aromatic nitrogens is 1. The Bertz CT molecular complexity index is 369. The number of thiazole rings is 1. The monoisotopic (exact) mass is 304 g/mol. The average Bonchev–Trinajstić information content (AvgIpc) is 2.90. The Hall–Kier alpha value is -0.170. The van der Waals surface area contributed by atoms with E-state index in [9.17, 15) is 0 Å². The van der Waals surface area contributed by atoms with E-state index in [-0.39, 0.29) is 5.79 Å². The Morgan fingerprint density at radius 2 is 2.00 bits per heavy atom. The number of rotatable bonds is 1. The molecule has 0 bridgehead atoms. The third kappa shape index (κ3) is 1.99. The Morgan fingerprint density at radius 3 is 2.56 bits per heavy atom. The van der Waals surface area contributed by atoms with Gasteiger partial charge in [-0.3, -0.25) is 0 Å². The maximum atomic E-state index is 5.70. The van der Waals surface area contributed by atoms with Gasteiger partial charge in [0, 0.05) is 25.9 Å². The van der Waals surface area contributed by atoms with Crippen molar-refractivity contribution in [2.75, 3.05) is 31.2 Å². The highest BCUT2D eigenvalue weighted by Crippen LogP contribution is 2.35. The lowest BCUT2D eigenvalue weighted by atomic mass is 10.0. The molecule has 0 unspecified atom stereocenters. The summed E-state index contributed by atoms with van der Waals surface area (Å²) in [6.07, 6.45) is 3.81. The van der Waals surface area contributed by atoms with Gasteiger partial charge in [-0.25, -0.2) is 4.98 Å². The summed E-state index contributed by atoms with van der Waals surface area (Å²) >= 11 is 5.06. The molecule has 3 rings (SSSR count). The second-order valence-corrected chi connectivity index (χ2v) is 6.33. The van der Waals surface area contributed by atoms with Gasteiger partial charge in [0.15, 0.2) is 9.70 Å². The molecule has 3 heterocycles. The first-order chi connectivity index (χ1) is 7.77. The first-order valence-electron chi connectivity index (χ1n) is 5.42. The lowest BCUT2D eigenvalue weighted by Crippen LogP contribution is -2.44. The van der Waals surface area contributed by atoms with Crippen LogP contribution >= 0.6 is 27.3 Å². The Morgan fingerprint density at radius 1 is 1.31 bits per heavy atom. The third-order valence-corrected chi connectivity index (χ3v) is 4.65. The molecular formula is C10H13BrN2O2S. The molecule has 4 nitrogen and oxygen atoms in total. The molecule has 0 aliphatic carbocycles. The second kappa shape index (κ2) is 4.25. The van der Waals surface area contributed by atoms with Gasteiger partial charge < -0.3 is 14.4 Å². The van der Waals surface area contributed by atoms with Crippen molar-refractivity contribution >= 4 is 32.3 Å². The summed E-state index contributed by atoms with van der Waals surface area (Å²) in [5.74, 6) is -0.279. The summed E-state index contributed by atoms with van der Waals surface area (Å²) in [6, 6.07) is 0. The minimum absolute atomic E-state index is 0.279. The van der Waals surface area contributed by atoms with Crippen LogP contribution in [0.5, 0.6) is 0 Å². The van der Waals surface area contributed by atoms with E-state index < -0.39 is 0 Å². The van der Waals surface area contributed by atoms with E-state index in [1.54, 1.807) is 11.3 Å². The highest BCUT2D eigenvalue weighted by atomic mass is 79.9. The maximum absolute atomic E-state index is 5.70. The van der Waals surface area contributed by atoms with Crippen molar-refractivity contribution in [1.29, 1.82) is 0 Å². The van der Waals surface area contributed by atoms with Gasteiger partial charge in [-0.15, -0.1) is 0 Å². The Balaban J connectivity index is 1.66. The van der Waals surface area contributed by atoms with Gasteiger partial charge in [0.25, 0.3) is 0 Å². The fourth-order valence-corrected chi connectivity index (χ4v) is 3.54. The number of ether oxygens (including phenoxy) is 2. The predicted octanol–water partition coefficient (Wildman–Crippen LogP) is 2.25. The lowest BCUT2D eigenvalue weighted by molar-refractivity contribution is -0.169. The molecule has 0 aromatic carbocycles. The smallest absolute Gasteiger partial charge is 0.171 e. The molecule has 2 aliphatic rings. The number of piperidine rings is 1. The van der Waals surface area contributed by atoms with Crippen LogP contribution in [0, 0.1) is 0 Å². The maximum Gasteiger partial charge on any atom is 0.171 e. The molecule has 88 valence electrons. The van der Waals surface area contributed by atoms with Crippen LogP contribution in [0.15, 0.2) is 10.1 Å². The van der Waals surface area contributed by atoms with E-state index in [0.29, 0.717) is 0 Å². The van der Waals surface area contributed by atoms with Crippen molar-refractivity contribution < 1.29 is 9.47 Å². The summed E-state index contributed by atoms with van der Waals surface area (Å²) in [7, 11) is 0. The molecule has 1 aromatic heterocycles. The van der Waals surface area contributed by atoms with Gasteiger partial charge in [-0.05, 0) is 15.9 Å². The van der Waals surface area contributed by atoms with Crippen molar-refractivity contribution in [2.45, 2.75) is 18.6 Å². The highest BCUT2D eigenvalue weighted by molar-refractivity contribution is 9.11. The molecule has 2 aliphatic heterocycles. The molecule has 1 aromatic rings. The quantitative estimate of drug-likeness (QED) is 0.797. The van der Waals surface area contributed by atoms with Crippen molar-refractivity contribution in [3.8, 4) is 0 Å². The first kappa shape index (κ1) is 11.0. The van der Waals surface area contributed by atoms with Gasteiger partial charge in [0.05, 0.1) is 19.4 Å². The number of halogens is 1. The van der Waals surface area contributed by atoms with Crippen molar-refractivity contribution in [2.24, 2.45) is 0 Å². The standard InChI is InChI=1S/C10H13BrN2O2S/c11-9-12-7-8(16-9)13-3-1-10(2-4-13)14-5-6-15-10/h7H,1-6H2. The molecule has 1 spiro atoms. The van der Waals surface area contributed by atoms with E-state index in [2.05, 4.69) is 25.8 Å². The predicted molar refractivity (Wildman–Crippen MR) is 65.9 cm³/mol. The van der Waals surface area contributed by atoms with Crippen LogP contribution in [-0.2, 0) is 9.47 Å². The summed E-state index contributed by atoms with van der Waals surface area (Å²) < 4.78 is 12.3. The summed E-state index contributed by atoms with van der Waals surface area (Å²) in [4.78, 5) is 6.56. The van der Waals surface area contributed by atoms with Gasteiger partial charge in [0.1, 0.15) is 5.00 Å². The average molecular weight is 305 g/mol. The zero-order chi connectivity index (χ0) is 11.0. The SMILES string of the molecule is Brc1ncc(N2CCC3(CC2)OCCO3)s1. The number of hydrogen-bond acceptors (Lipinski definition) is 5. The van der Waals surface area contributed by atoms with Crippen LogP contribution < -0.4 is 4.90 Å². The molecule has 2 fully saturated rings. The zero-order valence-electron chi connectivity index (χ0n) is 8.82. The van der Waals surface area contributed by atoms with Crippen molar-refractivity contribution in [3.63, 3.8) is 0 Å². The van der Waals surface area contributed by atoms with Crippen LogP contribution in [0.25, 0.3) is 0 Å². The lowest BCUT2D eigenvalue weighted by Gasteiger charge is -2.37. The van der Waals surface area contributed by atoms with Crippen LogP contribution in [-0.4, -0.2) is 37.1 Å². The van der Waals surface area contributed by atoms with E-state index in [1.807, 2.05) is 6.20 Å². The number of hydrogen-bond donors (Lipinski definition) is 0. The fourth-order valence-electron chi connectivity index (χ4n) is 2.24. The van der Waals surface area contributed by atoms with Gasteiger partial charge in [-0.1, -0.05) is 11.3 Å². The molecule has 6 heteroatoms. The molecule has 2 saturated heterocycles. The minimum atomic E-state index is -0.279. The number of anilines is 1. The molecule has 0 saturated carbocycles. The summed E-state index contributed by atoms with van der Waals surface area (Å²) in [6.45, 7) is 3.45. The van der Waals surface area contributed by atoms with Crippen LogP contribution in [0.2, 0.25) is 0 Å². The second-order valence-electron chi connectivity index (χ2n) is 4.05. The van der Waals surface area contributed by atoms with E-state index in [4.69, 9.17) is 9.47 Å². The van der Waals surface area contributed by atoms with Crippen molar-refractivity contribution in [1.82, 2.24) is 4.98 Å². The van der Waals surface area contributed by atoms with Crippen LogP contribution in [0.3, 0.4) is 0 Å².